The maximum Gasteiger partial charge on any atom is 0.234 e. The molecule has 2 aromatic carbocycles. The van der Waals surface area contributed by atoms with Crippen LogP contribution in [0.25, 0.3) is 22.1 Å². The number of aromatic nitrogens is 4. The highest BCUT2D eigenvalue weighted by molar-refractivity contribution is 7.99. The normalized spacial score (nSPS) is 11.1. The number of anilines is 1. The molecule has 0 atom stereocenters. The summed E-state index contributed by atoms with van der Waals surface area (Å²) >= 11 is 1.16. The van der Waals surface area contributed by atoms with E-state index in [1.54, 1.807) is 18.2 Å². The van der Waals surface area contributed by atoms with E-state index in [1.807, 2.05) is 19.1 Å². The van der Waals surface area contributed by atoms with Gasteiger partial charge < -0.3 is 15.0 Å². The minimum atomic E-state index is -0.349. The quantitative estimate of drug-likeness (QED) is 0.481. The van der Waals surface area contributed by atoms with Crippen molar-refractivity contribution in [3.8, 4) is 5.75 Å². The second-order valence-electron chi connectivity index (χ2n) is 5.87. The zero-order valence-electron chi connectivity index (χ0n) is 14.9. The minimum Gasteiger partial charge on any atom is -0.492 e. The van der Waals surface area contributed by atoms with Crippen molar-refractivity contribution in [3.05, 3.63) is 48.3 Å². The third-order valence-corrected chi connectivity index (χ3v) is 4.79. The Kier molecular flexibility index (Phi) is 5.07. The van der Waals surface area contributed by atoms with Gasteiger partial charge >= 0.3 is 0 Å². The molecule has 9 heteroatoms. The number of para-hydroxylation sites is 2. The Hall–Kier alpha value is -3.20. The number of thioether (sulfide) groups is 1. The lowest BCUT2D eigenvalue weighted by Gasteiger charge is -2.10. The average Bonchev–Trinajstić information content (AvgIpc) is 3.05. The van der Waals surface area contributed by atoms with Crippen LogP contribution in [0.5, 0.6) is 5.75 Å². The van der Waals surface area contributed by atoms with Gasteiger partial charge in [0, 0.05) is 10.9 Å². The fraction of sp³-hybridized carbons (Fsp3) is 0.158. The van der Waals surface area contributed by atoms with Crippen LogP contribution < -0.4 is 10.1 Å². The Morgan fingerprint density at radius 1 is 1.25 bits per heavy atom. The monoisotopic (exact) mass is 397 g/mol. The van der Waals surface area contributed by atoms with Gasteiger partial charge in [-0.05, 0) is 37.3 Å². The van der Waals surface area contributed by atoms with Crippen LogP contribution in [-0.4, -0.2) is 38.4 Å². The molecule has 0 aliphatic carbocycles. The number of rotatable bonds is 6. The summed E-state index contributed by atoms with van der Waals surface area (Å²) in [6, 6.07) is 11.6. The van der Waals surface area contributed by atoms with E-state index in [1.165, 1.54) is 12.1 Å². The predicted molar refractivity (Wildman–Crippen MR) is 106 cm³/mol. The highest BCUT2D eigenvalue weighted by Gasteiger charge is 2.12. The first-order chi connectivity index (χ1) is 13.6. The lowest BCUT2D eigenvalue weighted by atomic mass is 10.2. The minimum absolute atomic E-state index is 0.114. The topological polar surface area (TPSA) is 92.8 Å². The summed E-state index contributed by atoms with van der Waals surface area (Å²) < 4.78 is 18.9. The third-order valence-electron chi connectivity index (χ3n) is 3.95. The van der Waals surface area contributed by atoms with Gasteiger partial charge in [-0.15, -0.1) is 10.2 Å². The molecular weight excluding hydrogens is 381 g/mol. The van der Waals surface area contributed by atoms with Gasteiger partial charge in [-0.1, -0.05) is 23.9 Å². The first-order valence-corrected chi connectivity index (χ1v) is 9.58. The third kappa shape index (κ3) is 3.74. The summed E-state index contributed by atoms with van der Waals surface area (Å²) in [4.78, 5) is 19.7. The molecule has 1 amide bonds. The van der Waals surface area contributed by atoms with Gasteiger partial charge in [0.1, 0.15) is 17.1 Å². The number of carbonyl (C=O) groups excluding carboxylic acids is 1. The molecule has 28 heavy (non-hydrogen) atoms. The molecular formula is C19H16FN5O2S. The summed E-state index contributed by atoms with van der Waals surface area (Å²) in [6.07, 6.45) is 0. The molecule has 0 bridgehead atoms. The standard InChI is InChI=1S/C19H16FN5O2S/c1-2-27-15-6-4-3-5-14(15)21-16(26)10-28-19-23-18-17(24-25-19)12-9-11(20)7-8-13(12)22-18/h3-9H,2,10H2,1H3,(H,21,26)(H,22,23,25). The molecule has 0 unspecified atom stereocenters. The molecule has 2 heterocycles. The number of fused-ring (bicyclic) bond motifs is 3. The van der Waals surface area contributed by atoms with Crippen molar-refractivity contribution in [3.63, 3.8) is 0 Å². The fourth-order valence-electron chi connectivity index (χ4n) is 2.76. The summed E-state index contributed by atoms with van der Waals surface area (Å²) in [5, 5.41) is 12.0. The largest absolute Gasteiger partial charge is 0.492 e. The van der Waals surface area contributed by atoms with Crippen molar-refractivity contribution in [2.75, 3.05) is 17.7 Å². The summed E-state index contributed by atoms with van der Waals surface area (Å²) in [7, 11) is 0. The van der Waals surface area contributed by atoms with Crippen molar-refractivity contribution in [2.24, 2.45) is 0 Å². The number of H-pyrrole nitrogens is 1. The molecule has 0 aliphatic rings. The number of hydrogen-bond donors (Lipinski definition) is 2. The van der Waals surface area contributed by atoms with Gasteiger partial charge in [0.2, 0.25) is 11.1 Å². The first kappa shape index (κ1) is 18.2. The maximum absolute atomic E-state index is 13.4. The van der Waals surface area contributed by atoms with E-state index in [0.29, 0.717) is 39.8 Å². The fourth-order valence-corrected chi connectivity index (χ4v) is 3.34. The second kappa shape index (κ2) is 7.81. The Balaban J connectivity index is 1.46. The van der Waals surface area contributed by atoms with E-state index >= 15 is 0 Å². The summed E-state index contributed by atoms with van der Waals surface area (Å²) in [5.74, 6) is 0.174. The van der Waals surface area contributed by atoms with Crippen molar-refractivity contribution < 1.29 is 13.9 Å². The van der Waals surface area contributed by atoms with Crippen LogP contribution in [0.4, 0.5) is 10.1 Å². The Morgan fingerprint density at radius 2 is 2.11 bits per heavy atom. The smallest absolute Gasteiger partial charge is 0.234 e. The van der Waals surface area contributed by atoms with E-state index in [4.69, 9.17) is 4.74 Å². The maximum atomic E-state index is 13.4. The molecule has 4 aromatic rings. The molecule has 0 spiro atoms. The Bertz CT molecular complexity index is 1160. The lowest BCUT2D eigenvalue weighted by molar-refractivity contribution is -0.113. The van der Waals surface area contributed by atoms with Crippen molar-refractivity contribution in [2.45, 2.75) is 12.1 Å². The molecule has 142 valence electrons. The number of amides is 1. The summed E-state index contributed by atoms with van der Waals surface area (Å²) in [5.41, 5.74) is 2.34. The molecule has 7 nitrogen and oxygen atoms in total. The van der Waals surface area contributed by atoms with Crippen LogP contribution in [0.2, 0.25) is 0 Å². The van der Waals surface area contributed by atoms with Gasteiger partial charge in [-0.25, -0.2) is 9.37 Å². The van der Waals surface area contributed by atoms with Gasteiger partial charge in [-0.2, -0.15) is 0 Å². The molecule has 0 saturated carbocycles. The van der Waals surface area contributed by atoms with Crippen LogP contribution in [0.15, 0.2) is 47.6 Å². The first-order valence-electron chi connectivity index (χ1n) is 8.60. The Labute approximate surface area is 163 Å². The van der Waals surface area contributed by atoms with E-state index in [9.17, 15) is 9.18 Å². The molecule has 0 fully saturated rings. The van der Waals surface area contributed by atoms with Gasteiger partial charge in [-0.3, -0.25) is 4.79 Å². The highest BCUT2D eigenvalue weighted by atomic mass is 32.2. The SMILES string of the molecule is CCOc1ccccc1NC(=O)CSc1nnc2c(n1)[nH]c1ccc(F)cc12. The number of ether oxygens (including phenoxy) is 1. The molecule has 0 saturated heterocycles. The zero-order valence-corrected chi connectivity index (χ0v) is 15.7. The molecule has 2 aromatic heterocycles. The van der Waals surface area contributed by atoms with Crippen LogP contribution in [-0.2, 0) is 4.79 Å². The van der Waals surface area contributed by atoms with Crippen LogP contribution in [0.1, 0.15) is 6.92 Å². The van der Waals surface area contributed by atoms with Crippen LogP contribution >= 0.6 is 11.8 Å². The Morgan fingerprint density at radius 3 is 2.96 bits per heavy atom. The number of aromatic amines is 1. The predicted octanol–water partition coefficient (Wildman–Crippen LogP) is 3.77. The molecule has 4 rings (SSSR count). The van der Waals surface area contributed by atoms with Crippen molar-refractivity contribution >= 4 is 45.4 Å². The summed E-state index contributed by atoms with van der Waals surface area (Å²) in [6.45, 7) is 2.39. The van der Waals surface area contributed by atoms with Crippen LogP contribution in [0, 0.1) is 5.82 Å². The van der Waals surface area contributed by atoms with Gasteiger partial charge in [0.25, 0.3) is 0 Å². The number of carbonyl (C=O) groups is 1. The lowest BCUT2D eigenvalue weighted by Crippen LogP contribution is -2.15. The number of benzene rings is 2. The number of nitrogens with one attached hydrogen (secondary N) is 2. The number of hydrogen-bond acceptors (Lipinski definition) is 6. The van der Waals surface area contributed by atoms with Crippen molar-refractivity contribution in [1.29, 1.82) is 0 Å². The second-order valence-corrected chi connectivity index (χ2v) is 6.82. The van der Waals surface area contributed by atoms with E-state index in [0.717, 1.165) is 17.3 Å². The number of nitrogens with zero attached hydrogens (tertiary/aromatic N) is 3. The molecule has 0 aliphatic heterocycles. The van der Waals surface area contributed by atoms with E-state index in [-0.39, 0.29) is 17.5 Å². The van der Waals surface area contributed by atoms with Crippen molar-refractivity contribution in [1.82, 2.24) is 20.2 Å². The average molecular weight is 397 g/mol. The van der Waals surface area contributed by atoms with Crippen LogP contribution in [0.3, 0.4) is 0 Å². The van der Waals surface area contributed by atoms with E-state index in [2.05, 4.69) is 25.5 Å². The van der Waals surface area contributed by atoms with E-state index < -0.39 is 0 Å². The number of halogens is 1. The molecule has 2 N–H and O–H groups in total. The van der Waals surface area contributed by atoms with Gasteiger partial charge in [0.05, 0.1) is 18.0 Å². The highest BCUT2D eigenvalue weighted by Crippen LogP contribution is 2.26. The van der Waals surface area contributed by atoms with Gasteiger partial charge in [0.15, 0.2) is 5.65 Å². The molecule has 0 radical (unpaired) electrons. The zero-order chi connectivity index (χ0) is 19.5.